The topological polar surface area (TPSA) is 46.1 Å². The summed E-state index contributed by atoms with van der Waals surface area (Å²) in [6.07, 6.45) is 6.12. The fraction of sp³-hybridized carbons (Fsp3) is 0.696. The van der Waals surface area contributed by atoms with Gasteiger partial charge in [-0.05, 0) is 61.0 Å². The van der Waals surface area contributed by atoms with Crippen LogP contribution in [0.5, 0.6) is 0 Å². The van der Waals surface area contributed by atoms with Crippen molar-refractivity contribution in [3.63, 3.8) is 0 Å². The van der Waals surface area contributed by atoms with Gasteiger partial charge in [0.25, 0.3) is 0 Å². The van der Waals surface area contributed by atoms with E-state index in [-0.39, 0.29) is 0 Å². The van der Waals surface area contributed by atoms with E-state index in [1.165, 1.54) is 12.8 Å². The van der Waals surface area contributed by atoms with Gasteiger partial charge in [0.15, 0.2) is 5.96 Å². The van der Waals surface area contributed by atoms with Crippen molar-refractivity contribution in [3.8, 4) is 0 Å². The van der Waals surface area contributed by atoms with Gasteiger partial charge in [-0.25, -0.2) is 0 Å². The van der Waals surface area contributed by atoms with E-state index in [0.29, 0.717) is 6.10 Å². The van der Waals surface area contributed by atoms with E-state index in [9.17, 15) is 0 Å². The van der Waals surface area contributed by atoms with Crippen molar-refractivity contribution in [1.29, 1.82) is 0 Å². The molecule has 1 aromatic rings. The number of fused-ring (bicyclic) bond motifs is 3. The van der Waals surface area contributed by atoms with Gasteiger partial charge in [-0.2, -0.15) is 0 Å². The van der Waals surface area contributed by atoms with Gasteiger partial charge in [-0.1, -0.05) is 24.3 Å². The molecule has 1 aliphatic heterocycles. The molecule has 4 rings (SSSR count). The number of nitrogens with one attached hydrogen (secondary N) is 1. The Labute approximate surface area is 169 Å². The van der Waals surface area contributed by atoms with Gasteiger partial charge in [0, 0.05) is 47.0 Å². The second-order valence-corrected chi connectivity index (χ2v) is 8.42. The van der Waals surface area contributed by atoms with Crippen molar-refractivity contribution in [2.24, 2.45) is 16.8 Å². The standard InChI is InChI=1S/C23H35N3O2/c1-24-23(26-12-10-18(11-13-26)28-15-5-14-27-2)25-16-21-20-9-8-17-6-3-4-7-19(17)22(20)21/h3-4,6-7,18,20-22H,5,8-16H2,1-2H3,(H,24,25). The number of hydrogen-bond acceptors (Lipinski definition) is 3. The van der Waals surface area contributed by atoms with Crippen molar-refractivity contribution in [1.82, 2.24) is 10.2 Å². The predicted molar refractivity (Wildman–Crippen MR) is 113 cm³/mol. The van der Waals surface area contributed by atoms with Crippen LogP contribution < -0.4 is 5.32 Å². The maximum atomic E-state index is 5.99. The van der Waals surface area contributed by atoms with E-state index in [1.54, 1.807) is 18.2 Å². The Morgan fingerprint density at radius 3 is 2.79 bits per heavy atom. The van der Waals surface area contributed by atoms with E-state index >= 15 is 0 Å². The van der Waals surface area contributed by atoms with E-state index in [1.807, 2.05) is 7.05 Å². The Morgan fingerprint density at radius 2 is 2.00 bits per heavy atom. The number of methoxy groups -OCH3 is 1. The molecule has 3 atom stereocenters. The summed E-state index contributed by atoms with van der Waals surface area (Å²) in [4.78, 5) is 6.96. The number of piperidine rings is 1. The molecule has 3 aliphatic rings. The van der Waals surface area contributed by atoms with E-state index in [2.05, 4.69) is 39.5 Å². The van der Waals surface area contributed by atoms with Crippen LogP contribution in [0.2, 0.25) is 0 Å². The van der Waals surface area contributed by atoms with E-state index in [4.69, 9.17) is 9.47 Å². The van der Waals surface area contributed by atoms with Crippen LogP contribution in [0.25, 0.3) is 0 Å². The largest absolute Gasteiger partial charge is 0.385 e. The predicted octanol–water partition coefficient (Wildman–Crippen LogP) is 3.06. The maximum Gasteiger partial charge on any atom is 0.193 e. The Hall–Kier alpha value is -1.59. The summed E-state index contributed by atoms with van der Waals surface area (Å²) < 4.78 is 11.1. The molecule has 154 valence electrons. The molecule has 1 aromatic carbocycles. The zero-order valence-electron chi connectivity index (χ0n) is 17.4. The minimum Gasteiger partial charge on any atom is -0.385 e. The summed E-state index contributed by atoms with van der Waals surface area (Å²) in [6, 6.07) is 9.04. The molecule has 1 saturated carbocycles. The van der Waals surface area contributed by atoms with Gasteiger partial charge in [-0.15, -0.1) is 0 Å². The van der Waals surface area contributed by atoms with Crippen molar-refractivity contribution in [2.75, 3.05) is 47.0 Å². The molecule has 2 aliphatic carbocycles. The molecule has 5 heteroatoms. The van der Waals surface area contributed by atoms with Crippen LogP contribution in [0.4, 0.5) is 0 Å². The highest BCUT2D eigenvalue weighted by Gasteiger charge is 2.52. The molecule has 0 amide bonds. The second-order valence-electron chi connectivity index (χ2n) is 8.42. The summed E-state index contributed by atoms with van der Waals surface area (Å²) in [6.45, 7) is 4.67. The average Bonchev–Trinajstić information content (AvgIpc) is 3.46. The van der Waals surface area contributed by atoms with E-state index < -0.39 is 0 Å². The molecule has 0 radical (unpaired) electrons. The first kappa shape index (κ1) is 19.7. The number of aliphatic imine (C=N–C) groups is 1. The quantitative estimate of drug-likeness (QED) is 0.445. The Bertz CT molecular complexity index is 670. The van der Waals surface area contributed by atoms with Gasteiger partial charge in [0.2, 0.25) is 0 Å². The smallest absolute Gasteiger partial charge is 0.193 e. The number of likely N-dealkylation sites (tertiary alicyclic amines) is 1. The first-order valence-corrected chi connectivity index (χ1v) is 11.0. The fourth-order valence-electron chi connectivity index (χ4n) is 5.22. The summed E-state index contributed by atoms with van der Waals surface area (Å²) in [5.74, 6) is 3.46. The number of rotatable bonds is 7. The van der Waals surface area contributed by atoms with E-state index in [0.717, 1.165) is 75.8 Å². The van der Waals surface area contributed by atoms with Crippen molar-refractivity contribution >= 4 is 5.96 Å². The number of aryl methyl sites for hydroxylation is 1. The molecular formula is C23H35N3O2. The Balaban J connectivity index is 1.22. The summed E-state index contributed by atoms with van der Waals surface area (Å²) in [7, 11) is 3.65. The zero-order valence-corrected chi connectivity index (χ0v) is 17.4. The van der Waals surface area contributed by atoms with Crippen LogP contribution >= 0.6 is 0 Å². The highest BCUT2D eigenvalue weighted by Crippen LogP contribution is 2.59. The van der Waals surface area contributed by atoms with Crippen molar-refractivity contribution in [2.45, 2.75) is 44.1 Å². The van der Waals surface area contributed by atoms with Gasteiger partial charge < -0.3 is 19.7 Å². The molecule has 3 unspecified atom stereocenters. The molecule has 1 saturated heterocycles. The van der Waals surface area contributed by atoms with Crippen molar-refractivity contribution in [3.05, 3.63) is 35.4 Å². The Morgan fingerprint density at radius 1 is 1.18 bits per heavy atom. The van der Waals surface area contributed by atoms with Crippen LogP contribution in [0.15, 0.2) is 29.3 Å². The van der Waals surface area contributed by atoms with Gasteiger partial charge >= 0.3 is 0 Å². The van der Waals surface area contributed by atoms with Gasteiger partial charge in [0.1, 0.15) is 0 Å². The average molecular weight is 386 g/mol. The summed E-state index contributed by atoms with van der Waals surface area (Å²) in [5.41, 5.74) is 3.18. The van der Waals surface area contributed by atoms with Crippen LogP contribution in [0.3, 0.4) is 0 Å². The van der Waals surface area contributed by atoms with Crippen molar-refractivity contribution < 1.29 is 9.47 Å². The maximum absolute atomic E-state index is 5.99. The summed E-state index contributed by atoms with van der Waals surface area (Å²) in [5, 5.41) is 3.68. The molecular weight excluding hydrogens is 350 g/mol. The first-order chi connectivity index (χ1) is 13.8. The van der Waals surface area contributed by atoms with Crippen LogP contribution in [-0.4, -0.2) is 64.0 Å². The number of hydrogen-bond donors (Lipinski definition) is 1. The van der Waals surface area contributed by atoms with Crippen LogP contribution in [0.1, 0.15) is 42.7 Å². The summed E-state index contributed by atoms with van der Waals surface area (Å²) >= 11 is 0. The normalized spacial score (nSPS) is 27.3. The first-order valence-electron chi connectivity index (χ1n) is 11.0. The second kappa shape index (κ2) is 9.27. The zero-order chi connectivity index (χ0) is 19.3. The molecule has 1 N–H and O–H groups in total. The minimum absolute atomic E-state index is 0.383. The lowest BCUT2D eigenvalue weighted by Gasteiger charge is -2.34. The number of guanidine groups is 1. The SMILES string of the molecule is CN=C(NCC1C2CCc3ccccc3C21)N1CCC(OCCCOC)CC1. The molecule has 5 nitrogen and oxygen atoms in total. The lowest BCUT2D eigenvalue weighted by molar-refractivity contribution is 0.00990. The lowest BCUT2D eigenvalue weighted by atomic mass is 9.92. The molecule has 0 bridgehead atoms. The molecule has 28 heavy (non-hydrogen) atoms. The molecule has 0 spiro atoms. The monoisotopic (exact) mass is 385 g/mol. The number of nitrogens with zero attached hydrogens (tertiary/aromatic N) is 2. The number of ether oxygens (including phenoxy) is 2. The highest BCUT2D eigenvalue weighted by atomic mass is 16.5. The molecule has 0 aromatic heterocycles. The third-order valence-corrected chi connectivity index (χ3v) is 6.79. The van der Waals surface area contributed by atoms with Gasteiger partial charge in [0.05, 0.1) is 6.10 Å². The van der Waals surface area contributed by atoms with Gasteiger partial charge in [-0.3, -0.25) is 4.99 Å². The minimum atomic E-state index is 0.383. The fourth-order valence-corrected chi connectivity index (χ4v) is 5.22. The highest BCUT2D eigenvalue weighted by molar-refractivity contribution is 5.80. The number of benzene rings is 1. The molecule has 2 fully saturated rings. The van der Waals surface area contributed by atoms with Crippen LogP contribution in [-0.2, 0) is 15.9 Å². The third kappa shape index (κ3) is 4.36. The van der Waals surface area contributed by atoms with Crippen LogP contribution in [0, 0.1) is 11.8 Å². The lowest BCUT2D eigenvalue weighted by Crippen LogP contribution is -2.47. The third-order valence-electron chi connectivity index (χ3n) is 6.79. The Kier molecular flexibility index (Phi) is 6.53. The molecule has 1 heterocycles.